The normalized spacial score (nSPS) is 11.2. The van der Waals surface area contributed by atoms with Crippen LogP contribution in [-0.2, 0) is 6.42 Å². The maximum absolute atomic E-state index is 11.3. The Morgan fingerprint density at radius 3 is 1.29 bits per heavy atom. The van der Waals surface area contributed by atoms with Crippen molar-refractivity contribution in [1.29, 1.82) is 0 Å². The first kappa shape index (κ1) is 30.5. The molecule has 3 nitrogen and oxygen atoms in total. The largest absolute Gasteiger partial charge is 0.507 e. The molecule has 0 aliphatic heterocycles. The predicted molar refractivity (Wildman–Crippen MR) is 146 cm³/mol. The van der Waals surface area contributed by atoms with Gasteiger partial charge in [0.2, 0.25) is 0 Å². The minimum Gasteiger partial charge on any atom is -0.507 e. The number of aryl methyl sites for hydroxylation is 1. The van der Waals surface area contributed by atoms with Gasteiger partial charge in [0.05, 0.1) is 0 Å². The summed E-state index contributed by atoms with van der Waals surface area (Å²) in [6.07, 6.45) is 30.9. The molecule has 0 bridgehead atoms. The Labute approximate surface area is 210 Å². The molecule has 196 valence electrons. The highest BCUT2D eigenvalue weighted by molar-refractivity contribution is 5.92. The average Bonchev–Trinajstić information content (AvgIpc) is 2.82. The second kappa shape index (κ2) is 22.0. The maximum Gasteiger partial charge on any atom is 0.339 e. The number of phenols is 1. The van der Waals surface area contributed by atoms with E-state index in [1.54, 1.807) is 6.07 Å². The van der Waals surface area contributed by atoms with Gasteiger partial charge in [0.25, 0.3) is 0 Å². The topological polar surface area (TPSA) is 57.5 Å². The first-order chi connectivity index (χ1) is 16.7. The van der Waals surface area contributed by atoms with Crippen molar-refractivity contribution in [3.63, 3.8) is 0 Å². The fourth-order valence-electron chi connectivity index (χ4n) is 4.97. The fraction of sp³-hybridized carbons (Fsp3) is 0.774. The van der Waals surface area contributed by atoms with Gasteiger partial charge in [-0.05, 0) is 24.5 Å². The Morgan fingerprint density at radius 2 is 0.941 bits per heavy atom. The van der Waals surface area contributed by atoms with E-state index >= 15 is 0 Å². The summed E-state index contributed by atoms with van der Waals surface area (Å²) >= 11 is 0. The van der Waals surface area contributed by atoms with Crippen molar-refractivity contribution in [2.24, 2.45) is 0 Å². The molecule has 0 saturated carbocycles. The van der Waals surface area contributed by atoms with E-state index in [9.17, 15) is 15.0 Å². The van der Waals surface area contributed by atoms with Crippen LogP contribution in [-0.4, -0.2) is 16.2 Å². The van der Waals surface area contributed by atoms with Gasteiger partial charge in [0.15, 0.2) is 0 Å². The molecule has 1 rings (SSSR count). The van der Waals surface area contributed by atoms with E-state index in [-0.39, 0.29) is 11.3 Å². The number of carboxylic acids is 1. The number of carbonyl (C=O) groups is 1. The van der Waals surface area contributed by atoms with E-state index in [2.05, 4.69) is 6.92 Å². The summed E-state index contributed by atoms with van der Waals surface area (Å²) in [6.45, 7) is 2.29. The lowest BCUT2D eigenvalue weighted by Gasteiger charge is -2.08. The highest BCUT2D eigenvalue weighted by Gasteiger charge is 2.14. The second-order valence-electron chi connectivity index (χ2n) is 10.3. The lowest BCUT2D eigenvalue weighted by Crippen LogP contribution is -2.03. The number of benzene rings is 1. The molecule has 1 aromatic rings. The SMILES string of the molecule is CCCCCCCCCCCCCCCCCCCCCCCCc1cccc(O)c1C(=O)O. The van der Waals surface area contributed by atoms with Crippen LogP contribution in [0, 0.1) is 0 Å². The molecule has 34 heavy (non-hydrogen) atoms. The third kappa shape index (κ3) is 16.2. The van der Waals surface area contributed by atoms with Gasteiger partial charge in [-0.25, -0.2) is 4.79 Å². The van der Waals surface area contributed by atoms with Crippen LogP contribution in [0.5, 0.6) is 5.75 Å². The van der Waals surface area contributed by atoms with Crippen LogP contribution in [0.25, 0.3) is 0 Å². The number of hydrogen-bond acceptors (Lipinski definition) is 2. The quantitative estimate of drug-likeness (QED) is 0.146. The van der Waals surface area contributed by atoms with Gasteiger partial charge in [0, 0.05) is 0 Å². The Bertz CT molecular complexity index is 611. The van der Waals surface area contributed by atoms with E-state index in [1.165, 1.54) is 134 Å². The summed E-state index contributed by atoms with van der Waals surface area (Å²) < 4.78 is 0. The van der Waals surface area contributed by atoms with Crippen LogP contribution in [0.4, 0.5) is 0 Å². The van der Waals surface area contributed by atoms with Gasteiger partial charge in [-0.2, -0.15) is 0 Å². The Balaban J connectivity index is 1.79. The number of aromatic carboxylic acids is 1. The van der Waals surface area contributed by atoms with Gasteiger partial charge in [-0.3, -0.25) is 0 Å². The van der Waals surface area contributed by atoms with Crippen LogP contribution < -0.4 is 0 Å². The van der Waals surface area contributed by atoms with E-state index in [1.807, 2.05) is 6.07 Å². The maximum atomic E-state index is 11.3. The summed E-state index contributed by atoms with van der Waals surface area (Å²) in [5, 5.41) is 19.0. The Morgan fingerprint density at radius 1 is 0.588 bits per heavy atom. The van der Waals surface area contributed by atoms with Gasteiger partial charge in [0.1, 0.15) is 11.3 Å². The number of rotatable bonds is 24. The van der Waals surface area contributed by atoms with Gasteiger partial charge in [-0.1, -0.05) is 154 Å². The molecule has 0 fully saturated rings. The monoisotopic (exact) mass is 474 g/mol. The summed E-state index contributed by atoms with van der Waals surface area (Å²) in [7, 11) is 0. The highest BCUT2D eigenvalue weighted by atomic mass is 16.4. The summed E-state index contributed by atoms with van der Waals surface area (Å²) in [5.74, 6) is -1.16. The van der Waals surface area contributed by atoms with Gasteiger partial charge >= 0.3 is 5.97 Å². The third-order valence-electron chi connectivity index (χ3n) is 7.14. The van der Waals surface area contributed by atoms with Crippen LogP contribution in [0.3, 0.4) is 0 Å². The summed E-state index contributed by atoms with van der Waals surface area (Å²) in [4.78, 5) is 11.3. The summed E-state index contributed by atoms with van der Waals surface area (Å²) in [6, 6.07) is 5.00. The standard InChI is InChI=1S/C31H54O3/c1-2-3-4-5-6-7-8-9-10-11-12-13-14-15-16-17-18-19-20-21-22-23-25-28-26-24-27-29(32)30(28)31(33)34/h24,26-27,32H,2-23,25H2,1H3,(H,33,34). The lowest BCUT2D eigenvalue weighted by molar-refractivity contribution is 0.0692. The van der Waals surface area contributed by atoms with E-state index < -0.39 is 5.97 Å². The van der Waals surface area contributed by atoms with Crippen molar-refractivity contribution in [1.82, 2.24) is 0 Å². The Hall–Kier alpha value is -1.51. The molecule has 0 amide bonds. The zero-order valence-corrected chi connectivity index (χ0v) is 22.3. The van der Waals surface area contributed by atoms with Crippen molar-refractivity contribution in [3.05, 3.63) is 29.3 Å². The van der Waals surface area contributed by atoms with E-state index in [4.69, 9.17) is 0 Å². The molecule has 0 aliphatic carbocycles. The van der Waals surface area contributed by atoms with Crippen LogP contribution >= 0.6 is 0 Å². The molecule has 0 unspecified atom stereocenters. The molecule has 0 heterocycles. The molecule has 2 N–H and O–H groups in total. The molecule has 3 heteroatoms. The molecule has 0 spiro atoms. The summed E-state index contributed by atoms with van der Waals surface area (Å²) in [5.41, 5.74) is 0.826. The number of hydrogen-bond donors (Lipinski definition) is 2. The zero-order valence-electron chi connectivity index (χ0n) is 22.3. The molecule has 0 aromatic heterocycles. The third-order valence-corrected chi connectivity index (χ3v) is 7.14. The van der Waals surface area contributed by atoms with Crippen LogP contribution in [0.1, 0.15) is 164 Å². The highest BCUT2D eigenvalue weighted by Crippen LogP contribution is 2.23. The number of unbranched alkanes of at least 4 members (excludes halogenated alkanes) is 21. The Kier molecular flexibility index (Phi) is 19.7. The predicted octanol–water partition coefficient (Wildman–Crippen LogP) is 10.2. The molecule has 0 aliphatic rings. The van der Waals surface area contributed by atoms with E-state index in [0.29, 0.717) is 0 Å². The van der Waals surface area contributed by atoms with E-state index in [0.717, 1.165) is 24.8 Å². The van der Waals surface area contributed by atoms with Crippen LogP contribution in [0.2, 0.25) is 0 Å². The zero-order chi connectivity index (χ0) is 24.7. The average molecular weight is 475 g/mol. The molecular formula is C31H54O3. The van der Waals surface area contributed by atoms with Crippen LogP contribution in [0.15, 0.2) is 18.2 Å². The minimum absolute atomic E-state index is 0.0750. The first-order valence-electron chi connectivity index (χ1n) is 14.7. The first-order valence-corrected chi connectivity index (χ1v) is 14.7. The fourth-order valence-corrected chi connectivity index (χ4v) is 4.97. The van der Waals surface area contributed by atoms with Crippen molar-refractivity contribution in [2.75, 3.05) is 0 Å². The molecule has 0 radical (unpaired) electrons. The van der Waals surface area contributed by atoms with Gasteiger partial charge < -0.3 is 10.2 Å². The van der Waals surface area contributed by atoms with Gasteiger partial charge in [-0.15, -0.1) is 0 Å². The second-order valence-corrected chi connectivity index (χ2v) is 10.3. The minimum atomic E-state index is -1.04. The molecule has 0 saturated heterocycles. The molecule has 1 aromatic carbocycles. The lowest BCUT2D eigenvalue weighted by atomic mass is 9.99. The van der Waals surface area contributed by atoms with Crippen molar-refractivity contribution < 1.29 is 15.0 Å². The van der Waals surface area contributed by atoms with Crippen molar-refractivity contribution >= 4 is 5.97 Å². The number of carboxylic acid groups (broad SMARTS) is 1. The van der Waals surface area contributed by atoms with Crippen molar-refractivity contribution in [3.8, 4) is 5.75 Å². The molecular weight excluding hydrogens is 420 g/mol. The molecule has 0 atom stereocenters. The number of aromatic hydroxyl groups is 1. The van der Waals surface area contributed by atoms with Crippen molar-refractivity contribution in [2.45, 2.75) is 155 Å². The smallest absolute Gasteiger partial charge is 0.339 e.